The van der Waals surface area contributed by atoms with E-state index in [1.165, 1.54) is 6.42 Å². The Hall–Kier alpha value is -0.960. The Morgan fingerprint density at radius 1 is 1.22 bits per heavy atom. The number of hydrogen-bond acceptors (Lipinski definition) is 2. The van der Waals surface area contributed by atoms with Crippen LogP contribution in [0.4, 0.5) is 4.39 Å². The number of halogens is 1. The third kappa shape index (κ3) is 3.52. The molecule has 18 heavy (non-hydrogen) atoms. The average molecular weight is 267 g/mol. The second-order valence-electron chi connectivity index (χ2n) is 4.69. The molecule has 0 spiro atoms. The first-order valence-electron chi connectivity index (χ1n) is 6.62. The van der Waals surface area contributed by atoms with Crippen molar-refractivity contribution in [1.82, 2.24) is 4.98 Å². The van der Waals surface area contributed by atoms with Gasteiger partial charge in [-0.2, -0.15) is 0 Å². The number of fused-ring (bicyclic) bond motifs is 1. The smallest absolute Gasteiger partial charge is 0.150 e. The van der Waals surface area contributed by atoms with Crippen LogP contribution in [0.25, 0.3) is 10.2 Å². The molecule has 2 aromatic rings. The number of nitrogens with zero attached hydrogens (tertiary/aromatic N) is 1. The second-order valence-corrected chi connectivity index (χ2v) is 5.75. The lowest BCUT2D eigenvalue weighted by Gasteiger charge is -1.96. The van der Waals surface area contributed by atoms with E-state index in [0.29, 0.717) is 11.4 Å². The van der Waals surface area contributed by atoms with Crippen LogP contribution in [0.1, 0.15) is 57.5 Å². The maximum absolute atomic E-state index is 13.7. The van der Waals surface area contributed by atoms with Crippen molar-refractivity contribution in [2.75, 3.05) is 0 Å². The zero-order chi connectivity index (χ0) is 13.7. The van der Waals surface area contributed by atoms with E-state index in [2.05, 4.69) is 32.7 Å². The molecule has 0 amide bonds. The van der Waals surface area contributed by atoms with Crippen molar-refractivity contribution in [3.05, 3.63) is 28.5 Å². The second kappa shape index (κ2) is 6.83. The van der Waals surface area contributed by atoms with Gasteiger partial charge in [-0.3, -0.25) is 0 Å². The summed E-state index contributed by atoms with van der Waals surface area (Å²) < 4.78 is 14.6. The molecule has 2 rings (SSSR count). The number of aryl methyl sites for hydroxylation is 1. The Balaban J connectivity index is 0.000000492. The molecule has 0 aliphatic heterocycles. The van der Waals surface area contributed by atoms with E-state index in [0.717, 1.165) is 21.7 Å². The number of thiazole rings is 1. The summed E-state index contributed by atoms with van der Waals surface area (Å²) in [5.41, 5.74) is 1.57. The van der Waals surface area contributed by atoms with Crippen LogP contribution in [0.3, 0.4) is 0 Å². The molecule has 0 aliphatic carbocycles. The van der Waals surface area contributed by atoms with Gasteiger partial charge in [0, 0.05) is 5.92 Å². The highest BCUT2D eigenvalue weighted by Crippen LogP contribution is 2.29. The van der Waals surface area contributed by atoms with Crippen LogP contribution in [0.2, 0.25) is 0 Å². The Morgan fingerprint density at radius 3 is 2.33 bits per heavy atom. The summed E-state index contributed by atoms with van der Waals surface area (Å²) in [7, 11) is 0. The molecular weight excluding hydrogens is 245 g/mol. The van der Waals surface area contributed by atoms with Crippen LogP contribution in [-0.4, -0.2) is 4.98 Å². The summed E-state index contributed by atoms with van der Waals surface area (Å²) >= 11 is 1.60. The zero-order valence-electron chi connectivity index (χ0n) is 11.9. The molecule has 0 saturated carbocycles. The third-order valence-electron chi connectivity index (χ3n) is 2.43. The van der Waals surface area contributed by atoms with Crippen LogP contribution < -0.4 is 0 Å². The first-order chi connectivity index (χ1) is 8.53. The Bertz CT molecular complexity index is 502. The molecule has 1 heterocycles. The fourth-order valence-corrected chi connectivity index (χ4v) is 2.56. The highest BCUT2D eigenvalue weighted by atomic mass is 32.1. The Kier molecular flexibility index (Phi) is 5.73. The normalized spacial score (nSPS) is 10.6. The highest BCUT2D eigenvalue weighted by Gasteiger charge is 2.11. The first-order valence-corrected chi connectivity index (χ1v) is 7.43. The molecule has 0 radical (unpaired) electrons. The zero-order valence-corrected chi connectivity index (χ0v) is 12.7. The van der Waals surface area contributed by atoms with E-state index >= 15 is 0 Å². The fraction of sp³-hybridized carbons (Fsp3) is 0.533. The predicted molar refractivity (Wildman–Crippen MR) is 79.0 cm³/mol. The van der Waals surface area contributed by atoms with Crippen LogP contribution >= 0.6 is 11.3 Å². The molecule has 0 aliphatic rings. The van der Waals surface area contributed by atoms with Crippen LogP contribution in [0.5, 0.6) is 0 Å². The number of hydrogen-bond donors (Lipinski definition) is 0. The quantitative estimate of drug-likeness (QED) is 0.696. The maximum Gasteiger partial charge on any atom is 0.150 e. The third-order valence-corrected chi connectivity index (χ3v) is 3.73. The van der Waals surface area contributed by atoms with Gasteiger partial charge in [0.25, 0.3) is 0 Å². The van der Waals surface area contributed by atoms with E-state index in [4.69, 9.17) is 0 Å². The van der Waals surface area contributed by atoms with Gasteiger partial charge in [0.2, 0.25) is 0 Å². The molecule has 0 fully saturated rings. The minimum absolute atomic E-state index is 0.187. The van der Waals surface area contributed by atoms with Crippen molar-refractivity contribution < 1.29 is 4.39 Å². The average Bonchev–Trinajstić information content (AvgIpc) is 2.74. The summed E-state index contributed by atoms with van der Waals surface area (Å²) in [5.74, 6) is 0.180. The minimum atomic E-state index is -0.187. The van der Waals surface area contributed by atoms with Crippen LogP contribution in [0.15, 0.2) is 12.1 Å². The SMILES string of the molecule is CCC.CCc1cc(F)c2nc(C(C)C)sc2c1. The molecule has 0 saturated heterocycles. The van der Waals surface area contributed by atoms with Crippen molar-refractivity contribution in [3.8, 4) is 0 Å². The largest absolute Gasteiger partial charge is 0.238 e. The standard InChI is InChI=1S/C12H14FNS.C3H8/c1-4-8-5-9(13)11-10(6-8)15-12(14-11)7(2)3;1-3-2/h5-7H,4H2,1-3H3;3H2,1-2H3. The molecule has 1 aromatic carbocycles. The van der Waals surface area contributed by atoms with E-state index in [1.54, 1.807) is 17.4 Å². The Morgan fingerprint density at radius 2 is 1.83 bits per heavy atom. The lowest BCUT2D eigenvalue weighted by Crippen LogP contribution is -1.86. The molecule has 0 unspecified atom stereocenters. The lowest BCUT2D eigenvalue weighted by atomic mass is 10.1. The predicted octanol–water partition coefficient (Wildman–Crippen LogP) is 5.54. The summed E-state index contributed by atoms with van der Waals surface area (Å²) in [6, 6.07) is 3.63. The van der Waals surface area contributed by atoms with Crippen molar-refractivity contribution in [3.63, 3.8) is 0 Å². The lowest BCUT2D eigenvalue weighted by molar-refractivity contribution is 0.634. The topological polar surface area (TPSA) is 12.9 Å². The van der Waals surface area contributed by atoms with Gasteiger partial charge >= 0.3 is 0 Å². The molecule has 0 atom stereocenters. The highest BCUT2D eigenvalue weighted by molar-refractivity contribution is 7.18. The molecule has 0 N–H and O–H groups in total. The van der Waals surface area contributed by atoms with E-state index in [9.17, 15) is 4.39 Å². The fourth-order valence-electron chi connectivity index (χ4n) is 1.51. The van der Waals surface area contributed by atoms with E-state index in [1.807, 2.05) is 13.0 Å². The van der Waals surface area contributed by atoms with Crippen molar-refractivity contribution in [1.29, 1.82) is 0 Å². The van der Waals surface area contributed by atoms with Crippen molar-refractivity contribution in [2.45, 2.75) is 53.4 Å². The number of aromatic nitrogens is 1. The van der Waals surface area contributed by atoms with E-state index in [-0.39, 0.29) is 5.82 Å². The van der Waals surface area contributed by atoms with Crippen LogP contribution in [-0.2, 0) is 6.42 Å². The number of benzene rings is 1. The minimum Gasteiger partial charge on any atom is -0.238 e. The van der Waals surface area contributed by atoms with Crippen molar-refractivity contribution in [2.24, 2.45) is 0 Å². The van der Waals surface area contributed by atoms with Gasteiger partial charge in [-0.1, -0.05) is 41.0 Å². The molecule has 100 valence electrons. The molecule has 3 heteroatoms. The van der Waals surface area contributed by atoms with Gasteiger partial charge in [-0.15, -0.1) is 11.3 Å². The van der Waals surface area contributed by atoms with E-state index < -0.39 is 0 Å². The van der Waals surface area contributed by atoms with Gasteiger partial charge in [-0.05, 0) is 24.1 Å². The molecule has 1 aromatic heterocycles. The van der Waals surface area contributed by atoms with Gasteiger partial charge in [-0.25, -0.2) is 9.37 Å². The van der Waals surface area contributed by atoms with Gasteiger partial charge in [0.05, 0.1) is 9.71 Å². The Labute approximate surface area is 113 Å². The summed E-state index contributed by atoms with van der Waals surface area (Å²) in [6.45, 7) is 10.4. The molecule has 0 bridgehead atoms. The summed E-state index contributed by atoms with van der Waals surface area (Å²) in [5, 5.41) is 1.01. The first kappa shape index (κ1) is 15.1. The maximum atomic E-state index is 13.7. The molecular formula is C15H22FNS. The summed E-state index contributed by atoms with van der Waals surface area (Å²) in [6.07, 6.45) is 2.11. The van der Waals surface area contributed by atoms with Crippen molar-refractivity contribution >= 4 is 21.6 Å². The summed E-state index contributed by atoms with van der Waals surface area (Å²) in [4.78, 5) is 4.33. The van der Waals surface area contributed by atoms with Gasteiger partial charge in [0.15, 0.2) is 5.82 Å². The van der Waals surface area contributed by atoms with Crippen LogP contribution in [0, 0.1) is 5.82 Å². The molecule has 1 nitrogen and oxygen atoms in total. The van der Waals surface area contributed by atoms with Gasteiger partial charge < -0.3 is 0 Å². The monoisotopic (exact) mass is 267 g/mol. The van der Waals surface area contributed by atoms with Gasteiger partial charge in [0.1, 0.15) is 5.52 Å². The number of rotatable bonds is 2.